The van der Waals surface area contributed by atoms with Crippen molar-refractivity contribution in [3.63, 3.8) is 0 Å². The largest absolute Gasteiger partial charge is 0.497 e. The number of nitrogens with one attached hydrogen (secondary N) is 1. The monoisotopic (exact) mass is 309 g/mol. The molecule has 0 saturated carbocycles. The van der Waals surface area contributed by atoms with E-state index in [1.807, 2.05) is 30.3 Å². The van der Waals surface area contributed by atoms with Crippen molar-refractivity contribution >= 4 is 23.2 Å². The third-order valence-corrected chi connectivity index (χ3v) is 3.49. The van der Waals surface area contributed by atoms with Crippen LogP contribution in [0.3, 0.4) is 0 Å². The van der Waals surface area contributed by atoms with Gasteiger partial charge in [0.05, 0.1) is 7.11 Å². The SMILES string of the molecule is CCNCc1cc(OC)ccc1-c1cc(Cl)cc(Cl)c1. The van der Waals surface area contributed by atoms with E-state index in [-0.39, 0.29) is 0 Å². The minimum Gasteiger partial charge on any atom is -0.497 e. The van der Waals surface area contributed by atoms with Crippen LogP contribution in [0.1, 0.15) is 12.5 Å². The number of halogens is 2. The van der Waals surface area contributed by atoms with E-state index in [9.17, 15) is 0 Å². The molecule has 0 aliphatic carbocycles. The first-order chi connectivity index (χ1) is 9.63. The van der Waals surface area contributed by atoms with Crippen LogP contribution in [-0.4, -0.2) is 13.7 Å². The van der Waals surface area contributed by atoms with Crippen molar-refractivity contribution in [2.45, 2.75) is 13.5 Å². The standard InChI is InChI=1S/C16H17Cl2NO/c1-3-19-10-12-8-15(20-2)4-5-16(12)11-6-13(17)9-14(18)7-11/h4-9,19H,3,10H2,1-2H3. The van der Waals surface area contributed by atoms with E-state index in [1.165, 1.54) is 0 Å². The maximum atomic E-state index is 6.09. The van der Waals surface area contributed by atoms with E-state index < -0.39 is 0 Å². The van der Waals surface area contributed by atoms with Crippen molar-refractivity contribution in [1.29, 1.82) is 0 Å². The molecule has 0 aliphatic heterocycles. The highest BCUT2D eigenvalue weighted by molar-refractivity contribution is 6.35. The van der Waals surface area contributed by atoms with E-state index in [2.05, 4.69) is 12.2 Å². The summed E-state index contributed by atoms with van der Waals surface area (Å²) in [5, 5.41) is 4.61. The van der Waals surface area contributed by atoms with Crippen molar-refractivity contribution in [3.05, 3.63) is 52.0 Å². The van der Waals surface area contributed by atoms with Gasteiger partial charge >= 0.3 is 0 Å². The van der Waals surface area contributed by atoms with Gasteiger partial charge in [-0.25, -0.2) is 0 Å². The van der Waals surface area contributed by atoms with Gasteiger partial charge in [-0.15, -0.1) is 0 Å². The fourth-order valence-electron chi connectivity index (χ4n) is 2.09. The maximum Gasteiger partial charge on any atom is 0.119 e. The summed E-state index contributed by atoms with van der Waals surface area (Å²) in [6.45, 7) is 3.76. The lowest BCUT2D eigenvalue weighted by Crippen LogP contribution is -2.12. The van der Waals surface area contributed by atoms with Crippen molar-refractivity contribution in [1.82, 2.24) is 5.32 Å². The molecule has 0 unspecified atom stereocenters. The molecule has 2 aromatic rings. The van der Waals surface area contributed by atoms with Gasteiger partial charge in [0.25, 0.3) is 0 Å². The first kappa shape index (κ1) is 15.2. The molecule has 0 heterocycles. The molecule has 1 N–H and O–H groups in total. The van der Waals surface area contributed by atoms with Crippen molar-refractivity contribution < 1.29 is 4.74 Å². The molecule has 0 fully saturated rings. The van der Waals surface area contributed by atoms with Gasteiger partial charge in [0.2, 0.25) is 0 Å². The van der Waals surface area contributed by atoms with Crippen LogP contribution >= 0.6 is 23.2 Å². The average molecular weight is 310 g/mol. The van der Waals surface area contributed by atoms with Gasteiger partial charge < -0.3 is 10.1 Å². The highest BCUT2D eigenvalue weighted by atomic mass is 35.5. The van der Waals surface area contributed by atoms with Crippen molar-refractivity contribution in [3.8, 4) is 16.9 Å². The Morgan fingerprint density at radius 1 is 1.05 bits per heavy atom. The fourth-order valence-corrected chi connectivity index (χ4v) is 2.62. The Labute approximate surface area is 129 Å². The van der Waals surface area contributed by atoms with Crippen LogP contribution in [-0.2, 0) is 6.54 Å². The van der Waals surface area contributed by atoms with Gasteiger partial charge in [-0.05, 0) is 53.6 Å². The predicted molar refractivity (Wildman–Crippen MR) is 85.8 cm³/mol. The Kier molecular flexibility index (Phi) is 5.30. The molecule has 2 aromatic carbocycles. The van der Waals surface area contributed by atoms with E-state index in [0.717, 1.165) is 35.5 Å². The summed E-state index contributed by atoms with van der Waals surface area (Å²) in [5.41, 5.74) is 3.28. The van der Waals surface area contributed by atoms with Crippen LogP contribution in [0.15, 0.2) is 36.4 Å². The van der Waals surface area contributed by atoms with E-state index in [1.54, 1.807) is 13.2 Å². The minimum absolute atomic E-state index is 0.637. The molecule has 0 amide bonds. The number of rotatable bonds is 5. The molecule has 0 atom stereocenters. The topological polar surface area (TPSA) is 21.3 Å². The molecule has 0 spiro atoms. The fraction of sp³-hybridized carbons (Fsp3) is 0.250. The molecule has 0 aromatic heterocycles. The smallest absolute Gasteiger partial charge is 0.119 e. The predicted octanol–water partition coefficient (Wildman–Crippen LogP) is 4.78. The van der Waals surface area contributed by atoms with Gasteiger partial charge in [0.1, 0.15) is 5.75 Å². The van der Waals surface area contributed by atoms with Crippen LogP contribution in [0, 0.1) is 0 Å². The Bertz CT molecular complexity index is 579. The molecule has 0 saturated heterocycles. The third kappa shape index (κ3) is 3.66. The van der Waals surface area contributed by atoms with Crippen molar-refractivity contribution in [2.24, 2.45) is 0 Å². The molecular weight excluding hydrogens is 293 g/mol. The summed E-state index contributed by atoms with van der Waals surface area (Å²) < 4.78 is 5.29. The average Bonchev–Trinajstić information content (AvgIpc) is 2.43. The van der Waals surface area contributed by atoms with Crippen LogP contribution in [0.5, 0.6) is 5.75 Å². The minimum atomic E-state index is 0.637. The zero-order valence-electron chi connectivity index (χ0n) is 11.5. The molecule has 2 nitrogen and oxygen atoms in total. The van der Waals surface area contributed by atoms with Gasteiger partial charge in [0.15, 0.2) is 0 Å². The zero-order valence-corrected chi connectivity index (χ0v) is 13.1. The Hall–Kier alpha value is -1.22. The molecule has 4 heteroatoms. The summed E-state index contributed by atoms with van der Waals surface area (Å²) in [6.07, 6.45) is 0. The first-order valence-corrected chi connectivity index (χ1v) is 7.23. The van der Waals surface area contributed by atoms with E-state index >= 15 is 0 Å². The van der Waals surface area contributed by atoms with Gasteiger partial charge in [-0.3, -0.25) is 0 Å². The number of hydrogen-bond acceptors (Lipinski definition) is 2. The lowest BCUT2D eigenvalue weighted by Gasteiger charge is -2.13. The summed E-state index contributed by atoms with van der Waals surface area (Å²) in [7, 11) is 1.67. The lowest BCUT2D eigenvalue weighted by atomic mass is 9.99. The second-order valence-corrected chi connectivity index (χ2v) is 5.33. The second-order valence-electron chi connectivity index (χ2n) is 4.46. The molecule has 106 valence electrons. The van der Waals surface area contributed by atoms with Gasteiger partial charge in [0, 0.05) is 16.6 Å². The highest BCUT2D eigenvalue weighted by Crippen LogP contribution is 2.31. The molecule has 2 rings (SSSR count). The number of hydrogen-bond donors (Lipinski definition) is 1. The Morgan fingerprint density at radius 3 is 2.35 bits per heavy atom. The molecule has 0 radical (unpaired) electrons. The summed E-state index contributed by atoms with van der Waals surface area (Å²) in [6, 6.07) is 11.6. The van der Waals surface area contributed by atoms with Crippen LogP contribution in [0.4, 0.5) is 0 Å². The van der Waals surface area contributed by atoms with Gasteiger partial charge in [-0.1, -0.05) is 36.2 Å². The normalized spacial score (nSPS) is 10.6. The Balaban J connectivity index is 2.48. The zero-order chi connectivity index (χ0) is 14.5. The first-order valence-electron chi connectivity index (χ1n) is 6.48. The highest BCUT2D eigenvalue weighted by Gasteiger charge is 2.08. The summed E-state index contributed by atoms with van der Waals surface area (Å²) in [5.74, 6) is 0.842. The number of methoxy groups -OCH3 is 1. The number of benzene rings is 2. The lowest BCUT2D eigenvalue weighted by molar-refractivity contribution is 0.414. The van der Waals surface area contributed by atoms with Crippen molar-refractivity contribution in [2.75, 3.05) is 13.7 Å². The molecule has 0 aliphatic rings. The molecular formula is C16H17Cl2NO. The maximum absolute atomic E-state index is 6.09. The van der Waals surface area contributed by atoms with Gasteiger partial charge in [-0.2, -0.15) is 0 Å². The van der Waals surface area contributed by atoms with Crippen LogP contribution in [0.2, 0.25) is 10.0 Å². The second kappa shape index (κ2) is 6.98. The quantitative estimate of drug-likeness (QED) is 0.858. The molecule has 20 heavy (non-hydrogen) atoms. The summed E-state index contributed by atoms with van der Waals surface area (Å²) >= 11 is 12.2. The number of ether oxygens (including phenoxy) is 1. The van der Waals surface area contributed by atoms with Crippen LogP contribution < -0.4 is 10.1 Å². The van der Waals surface area contributed by atoms with E-state index in [0.29, 0.717) is 10.0 Å². The Morgan fingerprint density at radius 2 is 1.75 bits per heavy atom. The van der Waals surface area contributed by atoms with Crippen LogP contribution in [0.25, 0.3) is 11.1 Å². The molecule has 0 bridgehead atoms. The summed E-state index contributed by atoms with van der Waals surface area (Å²) in [4.78, 5) is 0. The van der Waals surface area contributed by atoms with E-state index in [4.69, 9.17) is 27.9 Å². The third-order valence-electron chi connectivity index (χ3n) is 3.05.